The van der Waals surface area contributed by atoms with E-state index in [2.05, 4.69) is 9.97 Å². The Kier molecular flexibility index (Phi) is 5.03. The van der Waals surface area contributed by atoms with Gasteiger partial charge in [-0.15, -0.1) is 0 Å². The van der Waals surface area contributed by atoms with Crippen molar-refractivity contribution in [3.05, 3.63) is 47.4 Å². The van der Waals surface area contributed by atoms with Gasteiger partial charge in [-0.25, -0.2) is 13.4 Å². The summed E-state index contributed by atoms with van der Waals surface area (Å²) in [6, 6.07) is 6.02. The highest BCUT2D eigenvalue weighted by Crippen LogP contribution is 2.21. The molecule has 3 rings (SSSR count). The summed E-state index contributed by atoms with van der Waals surface area (Å²) >= 11 is 5.85. The van der Waals surface area contributed by atoms with Crippen LogP contribution in [0.5, 0.6) is 0 Å². The molecule has 2 heterocycles. The first kappa shape index (κ1) is 17.8. The number of anilines is 1. The molecule has 0 atom stereocenters. The second-order valence-corrected chi connectivity index (χ2v) is 8.00. The number of aromatic nitrogens is 2. The third kappa shape index (κ3) is 3.81. The molecule has 0 N–H and O–H groups in total. The van der Waals surface area contributed by atoms with Gasteiger partial charge in [-0.1, -0.05) is 23.7 Å². The van der Waals surface area contributed by atoms with E-state index in [1.54, 1.807) is 6.20 Å². The highest BCUT2D eigenvalue weighted by Gasteiger charge is 2.29. The van der Waals surface area contributed by atoms with Crippen LogP contribution in [0, 0.1) is 0 Å². The summed E-state index contributed by atoms with van der Waals surface area (Å²) in [6.07, 6.45) is 3.06. The van der Waals surface area contributed by atoms with Crippen molar-refractivity contribution in [2.75, 3.05) is 31.1 Å². The molecule has 7 nitrogen and oxygen atoms in total. The maximum Gasteiger partial charge on any atom is 0.243 e. The lowest BCUT2D eigenvalue weighted by atomic mass is 10.2. The van der Waals surface area contributed by atoms with E-state index in [1.165, 1.54) is 41.7 Å². The minimum Gasteiger partial charge on any atom is -0.353 e. The summed E-state index contributed by atoms with van der Waals surface area (Å²) < 4.78 is 26.9. The molecule has 1 aromatic heterocycles. The molecule has 1 saturated heterocycles. The molecule has 132 valence electrons. The Balaban J connectivity index is 1.72. The van der Waals surface area contributed by atoms with Crippen molar-refractivity contribution in [3.63, 3.8) is 0 Å². The molecule has 1 aliphatic rings. The third-order valence-corrected chi connectivity index (χ3v) is 6.15. The molecule has 0 radical (unpaired) electrons. The van der Waals surface area contributed by atoms with Gasteiger partial charge in [0.05, 0.1) is 17.3 Å². The lowest BCUT2D eigenvalue weighted by Crippen LogP contribution is -2.48. The number of hydrogen-bond donors (Lipinski definition) is 0. The Morgan fingerprint density at radius 2 is 1.72 bits per heavy atom. The molecule has 2 aromatic rings. The van der Waals surface area contributed by atoms with Crippen molar-refractivity contribution in [2.24, 2.45) is 0 Å². The number of halogens is 1. The molecule has 25 heavy (non-hydrogen) atoms. The van der Waals surface area contributed by atoms with Crippen molar-refractivity contribution in [2.45, 2.75) is 11.8 Å². The number of carbonyl (C=O) groups excluding carboxylic acids is 1. The molecular formula is C16H17ClN4O3S. The summed E-state index contributed by atoms with van der Waals surface area (Å²) in [5.41, 5.74) is 0.489. The quantitative estimate of drug-likeness (QED) is 0.752. The molecule has 1 aliphatic heterocycles. The van der Waals surface area contributed by atoms with E-state index in [-0.39, 0.29) is 10.7 Å². The van der Waals surface area contributed by atoms with E-state index >= 15 is 0 Å². The maximum absolute atomic E-state index is 12.7. The van der Waals surface area contributed by atoms with Crippen LogP contribution >= 0.6 is 11.6 Å². The van der Waals surface area contributed by atoms with E-state index in [4.69, 9.17) is 11.6 Å². The maximum atomic E-state index is 12.7. The van der Waals surface area contributed by atoms with Crippen LogP contribution in [-0.2, 0) is 10.0 Å². The Hall–Kier alpha value is -2.03. The van der Waals surface area contributed by atoms with Crippen molar-refractivity contribution < 1.29 is 13.2 Å². The van der Waals surface area contributed by atoms with Crippen LogP contribution in [0.15, 0.2) is 41.6 Å². The number of carbonyl (C=O) groups is 1. The van der Waals surface area contributed by atoms with Gasteiger partial charge in [-0.2, -0.15) is 4.31 Å². The topological polar surface area (TPSA) is 83.5 Å². The molecule has 0 aliphatic carbocycles. The molecule has 0 unspecified atom stereocenters. The Bertz CT molecular complexity index is 879. The van der Waals surface area contributed by atoms with Crippen LogP contribution in [0.1, 0.15) is 17.3 Å². The van der Waals surface area contributed by atoms with Crippen LogP contribution in [0.25, 0.3) is 0 Å². The first-order valence-corrected chi connectivity index (χ1v) is 9.53. The van der Waals surface area contributed by atoms with Crippen molar-refractivity contribution in [1.82, 2.24) is 14.3 Å². The first-order valence-electron chi connectivity index (χ1n) is 7.71. The normalized spacial score (nSPS) is 16.0. The summed E-state index contributed by atoms with van der Waals surface area (Å²) in [6.45, 7) is 3.12. The molecular weight excluding hydrogens is 364 g/mol. The fraction of sp³-hybridized carbons (Fsp3) is 0.312. The molecule has 9 heteroatoms. The van der Waals surface area contributed by atoms with Crippen LogP contribution in [0.2, 0.25) is 5.15 Å². The molecule has 1 fully saturated rings. The molecule has 0 amide bonds. The average molecular weight is 381 g/mol. The predicted octanol–water partition coefficient (Wildman–Crippen LogP) is 1.84. The summed E-state index contributed by atoms with van der Waals surface area (Å²) in [7, 11) is -3.59. The van der Waals surface area contributed by atoms with Gasteiger partial charge >= 0.3 is 0 Å². The van der Waals surface area contributed by atoms with Crippen molar-refractivity contribution >= 4 is 33.2 Å². The SMILES string of the molecule is CC(=O)c1ccc(S(=O)(=O)N2CCN(c3cncc(Cl)n3)CC2)cc1. The van der Waals surface area contributed by atoms with Crippen molar-refractivity contribution in [1.29, 1.82) is 0 Å². The van der Waals surface area contributed by atoms with Gasteiger partial charge in [-0.3, -0.25) is 9.78 Å². The van der Waals surface area contributed by atoms with Gasteiger partial charge in [-0.05, 0) is 19.1 Å². The Labute approximate surface area is 151 Å². The largest absolute Gasteiger partial charge is 0.353 e. The Morgan fingerprint density at radius 1 is 1.08 bits per heavy atom. The van der Waals surface area contributed by atoms with Gasteiger partial charge < -0.3 is 4.90 Å². The van der Waals surface area contributed by atoms with E-state index < -0.39 is 10.0 Å². The van der Waals surface area contributed by atoms with Crippen LogP contribution in [-0.4, -0.2) is 54.7 Å². The van der Waals surface area contributed by atoms with Crippen molar-refractivity contribution in [3.8, 4) is 0 Å². The fourth-order valence-electron chi connectivity index (χ4n) is 2.65. The van der Waals surface area contributed by atoms with Crippen LogP contribution < -0.4 is 4.90 Å². The number of sulfonamides is 1. The van der Waals surface area contributed by atoms with Gasteiger partial charge in [0.15, 0.2) is 5.78 Å². The Morgan fingerprint density at radius 3 is 2.28 bits per heavy atom. The fourth-order valence-corrected chi connectivity index (χ4v) is 4.22. The number of Topliss-reactive ketones (excluding diaryl/α,β-unsaturated/α-hetero) is 1. The predicted molar refractivity (Wildman–Crippen MR) is 94.5 cm³/mol. The lowest BCUT2D eigenvalue weighted by Gasteiger charge is -2.34. The second kappa shape index (κ2) is 7.07. The third-order valence-electron chi connectivity index (χ3n) is 4.05. The molecule has 0 bridgehead atoms. The number of ketones is 1. The lowest BCUT2D eigenvalue weighted by molar-refractivity contribution is 0.101. The second-order valence-electron chi connectivity index (χ2n) is 5.67. The minimum atomic E-state index is -3.59. The van der Waals surface area contributed by atoms with Gasteiger partial charge in [0.2, 0.25) is 10.0 Å². The zero-order chi connectivity index (χ0) is 18.0. The highest BCUT2D eigenvalue weighted by molar-refractivity contribution is 7.89. The summed E-state index contributed by atoms with van der Waals surface area (Å²) in [5.74, 6) is 0.538. The van der Waals surface area contributed by atoms with Crippen LogP contribution in [0.3, 0.4) is 0 Å². The minimum absolute atomic E-state index is 0.0970. The molecule has 1 aromatic carbocycles. The monoisotopic (exact) mass is 380 g/mol. The number of rotatable bonds is 4. The number of nitrogens with zero attached hydrogens (tertiary/aromatic N) is 4. The zero-order valence-electron chi connectivity index (χ0n) is 13.6. The smallest absolute Gasteiger partial charge is 0.243 e. The van der Waals surface area contributed by atoms with E-state index in [1.807, 2.05) is 4.90 Å². The highest BCUT2D eigenvalue weighted by atomic mass is 35.5. The number of piperazine rings is 1. The number of benzene rings is 1. The molecule has 0 spiro atoms. The van der Waals surface area contributed by atoms with E-state index in [9.17, 15) is 13.2 Å². The zero-order valence-corrected chi connectivity index (χ0v) is 15.2. The molecule has 0 saturated carbocycles. The summed E-state index contributed by atoms with van der Waals surface area (Å²) in [5, 5.41) is 0.304. The van der Waals surface area contributed by atoms with Crippen LogP contribution in [0.4, 0.5) is 5.82 Å². The first-order chi connectivity index (χ1) is 11.9. The van der Waals surface area contributed by atoms with E-state index in [0.29, 0.717) is 42.7 Å². The average Bonchev–Trinajstić information content (AvgIpc) is 2.62. The van der Waals surface area contributed by atoms with Gasteiger partial charge in [0.1, 0.15) is 11.0 Å². The number of hydrogen-bond acceptors (Lipinski definition) is 6. The standard InChI is InChI=1S/C16H17ClN4O3S/c1-12(22)13-2-4-14(5-3-13)25(23,24)21-8-6-20(7-9-21)16-11-18-10-15(17)19-16/h2-5,10-11H,6-9H2,1H3. The van der Waals surface area contributed by atoms with Gasteiger partial charge in [0, 0.05) is 31.7 Å². The summed E-state index contributed by atoms with van der Waals surface area (Å²) in [4.78, 5) is 21.7. The van der Waals surface area contributed by atoms with Gasteiger partial charge in [0.25, 0.3) is 0 Å². The van der Waals surface area contributed by atoms with E-state index in [0.717, 1.165) is 0 Å².